The van der Waals surface area contributed by atoms with Gasteiger partial charge in [0.15, 0.2) is 6.29 Å². The van der Waals surface area contributed by atoms with Crippen molar-refractivity contribution in [2.45, 2.75) is 31.0 Å². The predicted molar refractivity (Wildman–Crippen MR) is 66.1 cm³/mol. The molecule has 0 unspecified atom stereocenters. The van der Waals surface area contributed by atoms with Crippen molar-refractivity contribution in [3.8, 4) is 0 Å². The second kappa shape index (κ2) is 5.58. The minimum atomic E-state index is -4.04. The van der Waals surface area contributed by atoms with Crippen LogP contribution in [0.5, 0.6) is 0 Å². The summed E-state index contributed by atoms with van der Waals surface area (Å²) in [5.41, 5.74) is 0. The van der Waals surface area contributed by atoms with Gasteiger partial charge < -0.3 is 0 Å². The van der Waals surface area contributed by atoms with Gasteiger partial charge in [0.1, 0.15) is 0 Å². The summed E-state index contributed by atoms with van der Waals surface area (Å²) in [6, 6.07) is 7.38. The number of hydrogen-bond donors (Lipinski definition) is 1. The van der Waals surface area contributed by atoms with Gasteiger partial charge in [0.2, 0.25) is 15.8 Å². The van der Waals surface area contributed by atoms with E-state index in [1.807, 2.05) is 4.72 Å². The minimum absolute atomic E-state index is 0.00164. The summed E-state index contributed by atoms with van der Waals surface area (Å²) in [5.74, 6) is -3.32. The Kier molecular flexibility index (Phi) is 4.59. The zero-order valence-corrected chi connectivity index (χ0v) is 11.1. The summed E-state index contributed by atoms with van der Waals surface area (Å²) in [4.78, 5) is 10.8. The Hall–Kier alpha value is -1.27. The monoisotopic (exact) mass is 273 g/mol. The van der Waals surface area contributed by atoms with Gasteiger partial charge in [-0.15, -0.1) is 0 Å². The van der Waals surface area contributed by atoms with Gasteiger partial charge in [-0.2, -0.15) is 4.72 Å². The fourth-order valence-electron chi connectivity index (χ4n) is 1.40. The Morgan fingerprint density at radius 1 is 1.39 bits per heavy atom. The molecule has 0 spiro atoms. The highest BCUT2D eigenvalue weighted by Crippen LogP contribution is 2.23. The fourth-order valence-corrected chi connectivity index (χ4v) is 2.70. The molecular formula is C12H16FNO3S. The predicted octanol–water partition coefficient (Wildman–Crippen LogP) is 1.88. The summed E-state index contributed by atoms with van der Waals surface area (Å²) < 4.78 is 39.9. The zero-order valence-electron chi connectivity index (χ0n) is 10.3. The Morgan fingerprint density at radius 2 is 1.94 bits per heavy atom. The number of benzene rings is 1. The summed E-state index contributed by atoms with van der Waals surface area (Å²) in [5, 5.41) is 0. The standard InChI is InChI=1S/C12H16FNO3S/c1-3-10(2)12(13,9-15)14-18(16,17)11-7-5-4-6-8-11/h4-10,14H,3H2,1-2H3/t10-,12+/m0/s1. The Bertz CT molecular complexity index is 503. The molecule has 1 N–H and O–H groups in total. The van der Waals surface area contributed by atoms with Gasteiger partial charge in [0.25, 0.3) is 0 Å². The molecule has 0 aliphatic rings. The van der Waals surface area contributed by atoms with Crippen molar-refractivity contribution in [2.75, 3.05) is 0 Å². The van der Waals surface area contributed by atoms with Crippen LogP contribution >= 0.6 is 0 Å². The molecule has 100 valence electrons. The molecule has 0 amide bonds. The molecule has 1 aromatic rings. The maximum absolute atomic E-state index is 14.2. The molecule has 18 heavy (non-hydrogen) atoms. The number of nitrogens with one attached hydrogen (secondary N) is 1. The second-order valence-electron chi connectivity index (χ2n) is 4.11. The smallest absolute Gasteiger partial charge is 0.243 e. The van der Waals surface area contributed by atoms with Crippen molar-refractivity contribution in [2.24, 2.45) is 5.92 Å². The van der Waals surface area contributed by atoms with Crippen LogP contribution in [0.15, 0.2) is 35.2 Å². The van der Waals surface area contributed by atoms with Crippen LogP contribution in [0.4, 0.5) is 4.39 Å². The average Bonchev–Trinajstić information content (AvgIpc) is 2.38. The van der Waals surface area contributed by atoms with Crippen LogP contribution in [-0.2, 0) is 14.8 Å². The number of aldehydes is 1. The quantitative estimate of drug-likeness (QED) is 0.636. The van der Waals surface area contributed by atoms with E-state index < -0.39 is 21.7 Å². The van der Waals surface area contributed by atoms with Crippen LogP contribution in [0, 0.1) is 5.92 Å². The third-order valence-corrected chi connectivity index (χ3v) is 4.32. The van der Waals surface area contributed by atoms with Crippen LogP contribution < -0.4 is 4.72 Å². The molecule has 0 heterocycles. The SMILES string of the molecule is CC[C@H](C)[C@@](F)(C=O)NS(=O)(=O)c1ccccc1. The third-order valence-electron chi connectivity index (χ3n) is 2.85. The molecule has 2 atom stereocenters. The zero-order chi connectivity index (χ0) is 13.8. The molecular weight excluding hydrogens is 257 g/mol. The molecule has 6 heteroatoms. The van der Waals surface area contributed by atoms with Gasteiger partial charge in [-0.25, -0.2) is 12.8 Å². The number of alkyl halides is 1. The minimum Gasteiger partial charge on any atom is -0.298 e. The van der Waals surface area contributed by atoms with Gasteiger partial charge >= 0.3 is 0 Å². The van der Waals surface area contributed by atoms with Crippen molar-refractivity contribution in [3.63, 3.8) is 0 Å². The Morgan fingerprint density at radius 3 is 2.39 bits per heavy atom. The molecule has 0 radical (unpaired) electrons. The first kappa shape index (κ1) is 14.8. The lowest BCUT2D eigenvalue weighted by molar-refractivity contribution is -0.121. The van der Waals surface area contributed by atoms with Crippen molar-refractivity contribution in [3.05, 3.63) is 30.3 Å². The molecule has 4 nitrogen and oxygen atoms in total. The van der Waals surface area contributed by atoms with Gasteiger partial charge in [-0.05, 0) is 18.6 Å². The first-order chi connectivity index (χ1) is 8.35. The summed E-state index contributed by atoms with van der Waals surface area (Å²) in [6.45, 7) is 3.15. The molecule has 0 bridgehead atoms. The lowest BCUT2D eigenvalue weighted by atomic mass is 9.99. The molecule has 0 aliphatic carbocycles. The molecule has 1 aromatic carbocycles. The summed E-state index contributed by atoms with van der Waals surface area (Å²) in [6.07, 6.45) is 0.341. The van der Waals surface area contributed by atoms with Gasteiger partial charge in [-0.1, -0.05) is 32.0 Å². The van der Waals surface area contributed by atoms with Crippen molar-refractivity contribution < 1.29 is 17.6 Å². The van der Waals surface area contributed by atoms with E-state index in [2.05, 4.69) is 0 Å². The Labute approximate surface area is 106 Å². The maximum atomic E-state index is 14.2. The van der Waals surface area contributed by atoms with E-state index in [0.29, 0.717) is 6.42 Å². The number of halogens is 1. The highest BCUT2D eigenvalue weighted by atomic mass is 32.2. The van der Waals surface area contributed by atoms with E-state index in [1.165, 1.54) is 31.2 Å². The van der Waals surface area contributed by atoms with Gasteiger partial charge in [0, 0.05) is 5.92 Å². The van der Waals surface area contributed by atoms with Gasteiger partial charge in [0.05, 0.1) is 4.90 Å². The van der Waals surface area contributed by atoms with E-state index >= 15 is 0 Å². The second-order valence-corrected chi connectivity index (χ2v) is 5.80. The van der Waals surface area contributed by atoms with Crippen molar-refractivity contribution in [1.29, 1.82) is 0 Å². The summed E-state index contributed by atoms with van der Waals surface area (Å²) in [7, 11) is -4.04. The molecule has 0 aliphatic heterocycles. The molecule has 0 saturated heterocycles. The summed E-state index contributed by atoms with van der Waals surface area (Å²) >= 11 is 0. The Balaban J connectivity index is 3.06. The lowest BCUT2D eigenvalue weighted by Gasteiger charge is -2.25. The maximum Gasteiger partial charge on any atom is 0.243 e. The molecule has 0 aromatic heterocycles. The van der Waals surface area contributed by atoms with E-state index in [9.17, 15) is 17.6 Å². The van der Waals surface area contributed by atoms with Crippen LogP contribution in [0.3, 0.4) is 0 Å². The van der Waals surface area contributed by atoms with Crippen LogP contribution in [0.1, 0.15) is 20.3 Å². The first-order valence-corrected chi connectivity index (χ1v) is 7.08. The van der Waals surface area contributed by atoms with E-state index in [4.69, 9.17) is 0 Å². The number of sulfonamides is 1. The topological polar surface area (TPSA) is 63.2 Å². The highest BCUT2D eigenvalue weighted by Gasteiger charge is 2.39. The van der Waals surface area contributed by atoms with E-state index in [-0.39, 0.29) is 11.2 Å². The normalized spacial score (nSPS) is 16.8. The number of carbonyl (C=O) groups excluding carboxylic acids is 1. The van der Waals surface area contributed by atoms with E-state index in [1.54, 1.807) is 13.0 Å². The third kappa shape index (κ3) is 3.14. The molecule has 1 rings (SSSR count). The van der Waals surface area contributed by atoms with Gasteiger partial charge in [-0.3, -0.25) is 4.79 Å². The van der Waals surface area contributed by atoms with Crippen LogP contribution in [-0.4, -0.2) is 20.5 Å². The molecule has 0 fully saturated rings. The van der Waals surface area contributed by atoms with E-state index in [0.717, 1.165) is 0 Å². The number of hydrogen-bond acceptors (Lipinski definition) is 3. The van der Waals surface area contributed by atoms with Crippen LogP contribution in [0.2, 0.25) is 0 Å². The number of rotatable bonds is 6. The van der Waals surface area contributed by atoms with Crippen molar-refractivity contribution in [1.82, 2.24) is 4.72 Å². The number of carbonyl (C=O) groups is 1. The molecule has 0 saturated carbocycles. The van der Waals surface area contributed by atoms with Crippen LogP contribution in [0.25, 0.3) is 0 Å². The average molecular weight is 273 g/mol. The highest BCUT2D eigenvalue weighted by molar-refractivity contribution is 7.89. The fraction of sp³-hybridized carbons (Fsp3) is 0.417. The lowest BCUT2D eigenvalue weighted by Crippen LogP contribution is -2.50. The largest absolute Gasteiger partial charge is 0.298 e. The van der Waals surface area contributed by atoms with Crippen molar-refractivity contribution >= 4 is 16.3 Å². The first-order valence-electron chi connectivity index (χ1n) is 5.60.